The van der Waals surface area contributed by atoms with Gasteiger partial charge >= 0.3 is 0 Å². The van der Waals surface area contributed by atoms with Crippen molar-refractivity contribution >= 4 is 5.91 Å². The van der Waals surface area contributed by atoms with Crippen LogP contribution in [0.3, 0.4) is 0 Å². The van der Waals surface area contributed by atoms with Gasteiger partial charge in [0.05, 0.1) is 24.3 Å². The van der Waals surface area contributed by atoms with Gasteiger partial charge in [-0.15, -0.1) is 5.10 Å². The lowest BCUT2D eigenvalue weighted by atomic mass is 9.91. The second-order valence-corrected chi connectivity index (χ2v) is 8.23. The van der Waals surface area contributed by atoms with E-state index in [-0.39, 0.29) is 29.7 Å². The van der Waals surface area contributed by atoms with Gasteiger partial charge in [0.25, 0.3) is 5.56 Å². The highest BCUT2D eigenvalue weighted by molar-refractivity contribution is 5.76. The van der Waals surface area contributed by atoms with Crippen LogP contribution >= 0.6 is 0 Å². The molecule has 1 atom stereocenters. The summed E-state index contributed by atoms with van der Waals surface area (Å²) in [6, 6.07) is 5.48. The number of ether oxygens (including phenoxy) is 1. The van der Waals surface area contributed by atoms with Gasteiger partial charge in [-0.1, -0.05) is 0 Å². The first-order chi connectivity index (χ1) is 14.0. The van der Waals surface area contributed by atoms with Crippen LogP contribution in [0.4, 0.5) is 0 Å². The van der Waals surface area contributed by atoms with Crippen molar-refractivity contribution in [2.45, 2.75) is 77.0 Å². The molecule has 1 amide bonds. The molecule has 1 unspecified atom stereocenters. The third kappa shape index (κ3) is 4.58. The van der Waals surface area contributed by atoms with E-state index in [1.807, 2.05) is 19.9 Å². The maximum atomic E-state index is 12.4. The van der Waals surface area contributed by atoms with E-state index in [2.05, 4.69) is 15.5 Å². The number of nitrogens with zero attached hydrogens (tertiary/aromatic N) is 4. The van der Waals surface area contributed by atoms with Crippen molar-refractivity contribution in [3.05, 3.63) is 39.9 Å². The van der Waals surface area contributed by atoms with Crippen molar-refractivity contribution in [3.63, 3.8) is 0 Å². The van der Waals surface area contributed by atoms with Crippen LogP contribution in [-0.2, 0) is 9.53 Å². The van der Waals surface area contributed by atoms with Gasteiger partial charge in [-0.25, -0.2) is 9.36 Å². The molecule has 156 valence electrons. The summed E-state index contributed by atoms with van der Waals surface area (Å²) < 4.78 is 8.90. The lowest BCUT2D eigenvalue weighted by molar-refractivity contribution is -0.124. The van der Waals surface area contributed by atoms with Crippen LogP contribution < -0.4 is 10.9 Å². The minimum atomic E-state index is -0.0962. The van der Waals surface area contributed by atoms with Gasteiger partial charge in [0.15, 0.2) is 5.82 Å². The van der Waals surface area contributed by atoms with Crippen LogP contribution in [0.25, 0.3) is 5.82 Å². The summed E-state index contributed by atoms with van der Waals surface area (Å²) >= 11 is 0. The van der Waals surface area contributed by atoms with Crippen LogP contribution in [0.1, 0.15) is 62.4 Å². The number of amides is 1. The Morgan fingerprint density at radius 3 is 2.62 bits per heavy atom. The fourth-order valence-electron chi connectivity index (χ4n) is 4.41. The van der Waals surface area contributed by atoms with E-state index in [1.165, 1.54) is 0 Å². The minimum Gasteiger partial charge on any atom is -0.378 e. The number of aryl methyl sites for hydroxylation is 2. The van der Waals surface area contributed by atoms with Crippen LogP contribution in [0.15, 0.2) is 23.0 Å². The molecule has 3 heterocycles. The van der Waals surface area contributed by atoms with E-state index in [0.717, 1.165) is 56.5 Å². The molecule has 1 aliphatic heterocycles. The molecule has 8 heteroatoms. The first-order valence-electron chi connectivity index (χ1n) is 10.5. The Hall–Kier alpha value is -2.48. The van der Waals surface area contributed by atoms with Crippen molar-refractivity contribution in [3.8, 4) is 5.82 Å². The quantitative estimate of drug-likeness (QED) is 0.832. The van der Waals surface area contributed by atoms with E-state index in [4.69, 9.17) is 4.74 Å². The predicted molar refractivity (Wildman–Crippen MR) is 108 cm³/mol. The fourth-order valence-corrected chi connectivity index (χ4v) is 4.41. The molecule has 0 radical (unpaired) electrons. The zero-order chi connectivity index (χ0) is 20.4. The van der Waals surface area contributed by atoms with Crippen molar-refractivity contribution in [2.24, 2.45) is 0 Å². The number of aromatic nitrogens is 4. The molecule has 0 spiro atoms. The molecule has 2 aromatic rings. The second kappa shape index (κ2) is 8.49. The maximum Gasteiger partial charge on any atom is 0.267 e. The molecule has 2 aromatic heterocycles. The Kier molecular flexibility index (Phi) is 5.80. The van der Waals surface area contributed by atoms with Gasteiger partial charge in [0, 0.05) is 24.4 Å². The molecule has 4 rings (SSSR count). The van der Waals surface area contributed by atoms with Crippen LogP contribution in [0, 0.1) is 13.8 Å². The Bertz CT molecular complexity index is 921. The van der Waals surface area contributed by atoms with Gasteiger partial charge in [0.1, 0.15) is 0 Å². The SMILES string of the molecule is Cc1cc(C)n(-c2ccc(=O)n(C3CCC(NC(=O)CC4CCCO4)CC3)n2)n1. The summed E-state index contributed by atoms with van der Waals surface area (Å²) in [5.74, 6) is 0.726. The van der Waals surface area contributed by atoms with Crippen LogP contribution in [0.2, 0.25) is 0 Å². The standard InChI is InChI=1S/C21H29N5O3/c1-14-12-15(2)25(23-14)19-9-10-21(28)26(24-19)17-7-5-16(6-8-17)22-20(27)13-18-4-3-11-29-18/h9-10,12,16-18H,3-8,11,13H2,1-2H3,(H,22,27). The van der Waals surface area contributed by atoms with E-state index in [0.29, 0.717) is 12.2 Å². The summed E-state index contributed by atoms with van der Waals surface area (Å²) in [4.78, 5) is 24.7. The Balaban J connectivity index is 1.38. The zero-order valence-corrected chi connectivity index (χ0v) is 17.1. The smallest absolute Gasteiger partial charge is 0.267 e. The van der Waals surface area contributed by atoms with Gasteiger partial charge in [0.2, 0.25) is 5.91 Å². The van der Waals surface area contributed by atoms with Crippen molar-refractivity contribution in [1.29, 1.82) is 0 Å². The highest BCUT2D eigenvalue weighted by Gasteiger charge is 2.26. The first kappa shape index (κ1) is 19.8. The molecule has 0 aromatic carbocycles. The average Bonchev–Trinajstić information content (AvgIpc) is 3.32. The summed E-state index contributed by atoms with van der Waals surface area (Å²) in [6.07, 6.45) is 5.87. The highest BCUT2D eigenvalue weighted by Crippen LogP contribution is 2.27. The largest absolute Gasteiger partial charge is 0.378 e. The summed E-state index contributed by atoms with van der Waals surface area (Å²) in [5, 5.41) is 12.2. The van der Waals surface area contributed by atoms with E-state index < -0.39 is 0 Å². The normalized spacial score (nSPS) is 24.6. The third-order valence-electron chi connectivity index (χ3n) is 5.88. The topological polar surface area (TPSA) is 91.0 Å². The number of hydrogen-bond donors (Lipinski definition) is 1. The molecule has 1 N–H and O–H groups in total. The third-order valence-corrected chi connectivity index (χ3v) is 5.88. The second-order valence-electron chi connectivity index (χ2n) is 8.23. The van der Waals surface area contributed by atoms with E-state index in [1.54, 1.807) is 21.5 Å². The fraction of sp³-hybridized carbons (Fsp3) is 0.619. The van der Waals surface area contributed by atoms with Crippen molar-refractivity contribution < 1.29 is 9.53 Å². The number of carbonyl (C=O) groups is 1. The van der Waals surface area contributed by atoms with Crippen LogP contribution in [0.5, 0.6) is 0 Å². The first-order valence-corrected chi connectivity index (χ1v) is 10.5. The molecule has 8 nitrogen and oxygen atoms in total. The van der Waals surface area contributed by atoms with Gasteiger partial charge in [-0.05, 0) is 64.5 Å². The van der Waals surface area contributed by atoms with Gasteiger partial charge in [-0.2, -0.15) is 5.10 Å². The summed E-state index contributed by atoms with van der Waals surface area (Å²) in [7, 11) is 0. The van der Waals surface area contributed by atoms with Gasteiger partial charge < -0.3 is 10.1 Å². The number of carbonyl (C=O) groups excluding carboxylic acids is 1. The molecule has 1 saturated heterocycles. The van der Waals surface area contributed by atoms with Gasteiger partial charge in [-0.3, -0.25) is 9.59 Å². The molecular weight excluding hydrogens is 370 g/mol. The highest BCUT2D eigenvalue weighted by atomic mass is 16.5. The minimum absolute atomic E-state index is 0.0470. The summed E-state index contributed by atoms with van der Waals surface area (Å²) in [5.41, 5.74) is 1.81. The monoisotopic (exact) mass is 399 g/mol. The predicted octanol–water partition coefficient (Wildman–Crippen LogP) is 2.21. The number of hydrogen-bond acceptors (Lipinski definition) is 5. The van der Waals surface area contributed by atoms with E-state index in [9.17, 15) is 9.59 Å². The molecule has 29 heavy (non-hydrogen) atoms. The molecule has 1 aliphatic carbocycles. The zero-order valence-electron chi connectivity index (χ0n) is 17.1. The van der Waals surface area contributed by atoms with Crippen LogP contribution in [-0.4, -0.2) is 44.2 Å². The lowest BCUT2D eigenvalue weighted by Crippen LogP contribution is -2.40. The molecule has 1 saturated carbocycles. The van der Waals surface area contributed by atoms with Crippen molar-refractivity contribution in [2.75, 3.05) is 6.61 Å². The molecule has 2 aliphatic rings. The molecule has 2 fully saturated rings. The Morgan fingerprint density at radius 2 is 1.97 bits per heavy atom. The Morgan fingerprint density at radius 1 is 1.17 bits per heavy atom. The summed E-state index contributed by atoms with van der Waals surface area (Å²) in [6.45, 7) is 4.68. The van der Waals surface area contributed by atoms with Crippen molar-refractivity contribution in [1.82, 2.24) is 24.9 Å². The number of nitrogens with one attached hydrogen (secondary N) is 1. The average molecular weight is 399 g/mol. The lowest BCUT2D eigenvalue weighted by Gasteiger charge is -2.30. The van der Waals surface area contributed by atoms with E-state index >= 15 is 0 Å². The maximum absolute atomic E-state index is 12.4. The molecule has 0 bridgehead atoms. The number of rotatable bonds is 5. The molecular formula is C21H29N5O3. The Labute approximate surface area is 170 Å².